The minimum Gasteiger partial charge on any atom is -0.497 e. The Labute approximate surface area is 189 Å². The molecule has 1 heterocycles. The van der Waals surface area contributed by atoms with Gasteiger partial charge in [0.2, 0.25) is 5.91 Å². The van der Waals surface area contributed by atoms with E-state index in [9.17, 15) is 23.1 Å². The summed E-state index contributed by atoms with van der Waals surface area (Å²) in [6, 6.07) is 9.60. The molecule has 2 aromatic rings. The summed E-state index contributed by atoms with van der Waals surface area (Å²) in [5.74, 6) is 0.923. The number of hydrogen-bond donors (Lipinski definition) is 1. The van der Waals surface area contributed by atoms with Crippen LogP contribution in [-0.2, 0) is 17.4 Å². The molecule has 0 radical (unpaired) electrons. The molecule has 0 aliphatic carbocycles. The second kappa shape index (κ2) is 10.0. The van der Waals surface area contributed by atoms with Gasteiger partial charge in [-0.05, 0) is 35.9 Å². The number of halogens is 3. The SMILES string of the molecule is COc1cc(CC(=O)N2CCN(c3ccc(C#N)c(C(F)(F)F)c3)C(CO)C2)cc(OC)c1. The van der Waals surface area contributed by atoms with Crippen LogP contribution in [0.25, 0.3) is 0 Å². The van der Waals surface area contributed by atoms with Crippen LogP contribution in [0.3, 0.4) is 0 Å². The summed E-state index contributed by atoms with van der Waals surface area (Å²) < 4.78 is 50.5. The Balaban J connectivity index is 1.76. The lowest BCUT2D eigenvalue weighted by Gasteiger charge is -2.42. The zero-order valence-corrected chi connectivity index (χ0v) is 18.2. The highest BCUT2D eigenvalue weighted by Crippen LogP contribution is 2.35. The molecule has 0 saturated carbocycles. The first kappa shape index (κ1) is 24.2. The first-order valence-electron chi connectivity index (χ1n) is 10.2. The zero-order valence-electron chi connectivity index (χ0n) is 18.2. The zero-order chi connectivity index (χ0) is 24.2. The number of piperazine rings is 1. The van der Waals surface area contributed by atoms with E-state index in [1.54, 1.807) is 34.1 Å². The van der Waals surface area contributed by atoms with Gasteiger partial charge in [-0.3, -0.25) is 4.79 Å². The van der Waals surface area contributed by atoms with E-state index in [4.69, 9.17) is 14.7 Å². The summed E-state index contributed by atoms with van der Waals surface area (Å²) in [7, 11) is 3.03. The Morgan fingerprint density at radius 3 is 2.36 bits per heavy atom. The maximum Gasteiger partial charge on any atom is 0.417 e. The van der Waals surface area contributed by atoms with Crippen molar-refractivity contribution < 1.29 is 32.5 Å². The summed E-state index contributed by atoms with van der Waals surface area (Å²) in [5.41, 5.74) is -0.551. The van der Waals surface area contributed by atoms with Gasteiger partial charge in [0.05, 0.1) is 50.5 Å². The van der Waals surface area contributed by atoms with Crippen LogP contribution >= 0.6 is 0 Å². The Morgan fingerprint density at radius 1 is 1.15 bits per heavy atom. The van der Waals surface area contributed by atoms with Gasteiger partial charge in [0.1, 0.15) is 11.5 Å². The van der Waals surface area contributed by atoms with Gasteiger partial charge < -0.3 is 24.4 Å². The fourth-order valence-electron chi connectivity index (χ4n) is 3.88. The largest absolute Gasteiger partial charge is 0.497 e. The number of amides is 1. The maximum absolute atomic E-state index is 13.4. The molecule has 1 saturated heterocycles. The summed E-state index contributed by atoms with van der Waals surface area (Å²) in [6.07, 6.45) is -4.59. The van der Waals surface area contributed by atoms with Gasteiger partial charge in [-0.25, -0.2) is 0 Å². The van der Waals surface area contributed by atoms with Crippen LogP contribution in [0.2, 0.25) is 0 Å². The molecule has 1 atom stereocenters. The number of carbonyl (C=O) groups excluding carboxylic acids is 1. The van der Waals surface area contributed by atoms with Crippen LogP contribution in [0.1, 0.15) is 16.7 Å². The fraction of sp³-hybridized carbons (Fsp3) is 0.391. The lowest BCUT2D eigenvalue weighted by molar-refractivity contribution is -0.137. The second-order valence-corrected chi connectivity index (χ2v) is 7.61. The Bertz CT molecular complexity index is 1030. The van der Waals surface area contributed by atoms with Gasteiger partial charge in [-0.2, -0.15) is 18.4 Å². The molecule has 2 aromatic carbocycles. The Morgan fingerprint density at radius 2 is 1.82 bits per heavy atom. The predicted molar refractivity (Wildman–Crippen MR) is 114 cm³/mol. The summed E-state index contributed by atoms with van der Waals surface area (Å²) in [6.45, 7) is 0.315. The van der Waals surface area contributed by atoms with Crippen molar-refractivity contribution in [1.29, 1.82) is 5.26 Å². The molecule has 7 nitrogen and oxygen atoms in total. The number of nitriles is 1. The molecule has 1 amide bonds. The van der Waals surface area contributed by atoms with Crippen molar-refractivity contribution in [2.45, 2.75) is 18.6 Å². The third kappa shape index (κ3) is 5.49. The van der Waals surface area contributed by atoms with Crippen LogP contribution in [0.5, 0.6) is 11.5 Å². The van der Waals surface area contributed by atoms with Gasteiger partial charge in [-0.15, -0.1) is 0 Å². The maximum atomic E-state index is 13.4. The Kier molecular flexibility index (Phi) is 7.33. The van der Waals surface area contributed by atoms with E-state index in [2.05, 4.69) is 0 Å². The number of hydrogen-bond acceptors (Lipinski definition) is 6. The van der Waals surface area contributed by atoms with Gasteiger partial charge >= 0.3 is 6.18 Å². The molecule has 0 spiro atoms. The summed E-state index contributed by atoms with van der Waals surface area (Å²) in [5, 5.41) is 18.9. The van der Waals surface area contributed by atoms with Crippen molar-refractivity contribution >= 4 is 11.6 Å². The number of carbonyl (C=O) groups is 1. The molecule has 176 valence electrons. The lowest BCUT2D eigenvalue weighted by atomic mass is 10.0. The molecular weight excluding hydrogens is 439 g/mol. The van der Waals surface area contributed by atoms with Crippen molar-refractivity contribution in [3.05, 3.63) is 53.1 Å². The second-order valence-electron chi connectivity index (χ2n) is 7.61. The average Bonchev–Trinajstić information content (AvgIpc) is 2.82. The van der Waals surface area contributed by atoms with Crippen LogP contribution < -0.4 is 14.4 Å². The standard InChI is InChI=1S/C23H24F3N3O4/c1-32-19-7-15(8-20(11-19)33-2)9-22(31)28-5-6-29(18(13-28)14-30)17-4-3-16(12-27)21(10-17)23(24,25)26/h3-4,7-8,10-11,18,30H,5-6,9,13-14H2,1-2H3. The minimum absolute atomic E-state index is 0.0841. The molecule has 1 fully saturated rings. The highest BCUT2D eigenvalue weighted by molar-refractivity contribution is 5.79. The number of ether oxygens (including phenoxy) is 2. The van der Waals surface area contributed by atoms with E-state index in [1.807, 2.05) is 0 Å². The topological polar surface area (TPSA) is 86.0 Å². The highest BCUT2D eigenvalue weighted by atomic mass is 19.4. The van der Waals surface area contributed by atoms with E-state index in [1.165, 1.54) is 20.3 Å². The van der Waals surface area contributed by atoms with Crippen LogP contribution in [0.4, 0.5) is 18.9 Å². The quantitative estimate of drug-likeness (QED) is 0.709. The van der Waals surface area contributed by atoms with Crippen molar-refractivity contribution in [1.82, 2.24) is 4.90 Å². The lowest BCUT2D eigenvalue weighted by Crippen LogP contribution is -2.56. The van der Waals surface area contributed by atoms with Gasteiger partial charge in [0.15, 0.2) is 0 Å². The Hall–Kier alpha value is -3.45. The molecule has 1 aliphatic rings. The number of nitrogens with zero attached hydrogens (tertiary/aromatic N) is 3. The summed E-state index contributed by atoms with van der Waals surface area (Å²) >= 11 is 0. The number of methoxy groups -OCH3 is 2. The molecule has 0 aromatic heterocycles. The minimum atomic E-state index is -4.68. The molecule has 1 N–H and O–H groups in total. The molecule has 1 aliphatic heterocycles. The normalized spacial score (nSPS) is 16.3. The number of aliphatic hydroxyl groups is 1. The van der Waals surface area contributed by atoms with E-state index in [-0.39, 0.29) is 44.3 Å². The molecule has 33 heavy (non-hydrogen) atoms. The van der Waals surface area contributed by atoms with Crippen LogP contribution in [-0.4, -0.2) is 62.4 Å². The van der Waals surface area contributed by atoms with Crippen molar-refractivity contribution in [2.24, 2.45) is 0 Å². The van der Waals surface area contributed by atoms with Gasteiger partial charge in [-0.1, -0.05) is 0 Å². The van der Waals surface area contributed by atoms with E-state index >= 15 is 0 Å². The highest BCUT2D eigenvalue weighted by Gasteiger charge is 2.36. The van der Waals surface area contributed by atoms with Crippen molar-refractivity contribution in [2.75, 3.05) is 45.4 Å². The number of rotatable bonds is 6. The van der Waals surface area contributed by atoms with Gasteiger partial charge in [0.25, 0.3) is 0 Å². The average molecular weight is 463 g/mol. The molecule has 0 bridgehead atoms. The molecule has 1 unspecified atom stereocenters. The third-order valence-electron chi connectivity index (χ3n) is 5.57. The molecule has 10 heteroatoms. The predicted octanol–water partition coefficient (Wildman–Crippen LogP) is 2.85. The van der Waals surface area contributed by atoms with Crippen molar-refractivity contribution in [3.63, 3.8) is 0 Å². The first-order chi connectivity index (χ1) is 15.7. The van der Waals surface area contributed by atoms with Crippen molar-refractivity contribution in [3.8, 4) is 17.6 Å². The van der Waals surface area contributed by atoms with E-state index < -0.39 is 23.3 Å². The first-order valence-corrected chi connectivity index (χ1v) is 10.2. The number of anilines is 1. The van der Waals surface area contributed by atoms with Crippen LogP contribution in [0.15, 0.2) is 36.4 Å². The smallest absolute Gasteiger partial charge is 0.417 e. The molecular formula is C23H24F3N3O4. The third-order valence-corrected chi connectivity index (χ3v) is 5.57. The van der Waals surface area contributed by atoms with E-state index in [0.717, 1.165) is 12.1 Å². The number of benzene rings is 2. The van der Waals surface area contributed by atoms with Gasteiger partial charge in [0, 0.05) is 31.4 Å². The molecule has 3 rings (SSSR count). The van der Waals surface area contributed by atoms with Crippen LogP contribution in [0, 0.1) is 11.3 Å². The number of aliphatic hydroxyl groups excluding tert-OH is 1. The fourth-order valence-corrected chi connectivity index (χ4v) is 3.88. The van der Waals surface area contributed by atoms with E-state index in [0.29, 0.717) is 17.1 Å². The number of alkyl halides is 3. The monoisotopic (exact) mass is 463 g/mol. The summed E-state index contributed by atoms with van der Waals surface area (Å²) in [4.78, 5) is 16.1.